The number of nitrogens with zero attached hydrogens (tertiary/aromatic N) is 3. The molecule has 1 aliphatic heterocycles. The van der Waals surface area contributed by atoms with Gasteiger partial charge in [0.15, 0.2) is 5.17 Å². The number of amides is 1. The van der Waals surface area contributed by atoms with Gasteiger partial charge in [-0.15, -0.1) is 0 Å². The predicted molar refractivity (Wildman–Crippen MR) is 113 cm³/mol. The van der Waals surface area contributed by atoms with Gasteiger partial charge >= 0.3 is 6.09 Å². The number of rotatable bonds is 2. The highest BCUT2D eigenvalue weighted by Gasteiger charge is 2.35. The second-order valence-electron chi connectivity index (χ2n) is 8.27. The maximum Gasteiger partial charge on any atom is 0.413 e. The van der Waals surface area contributed by atoms with Gasteiger partial charge in [-0.3, -0.25) is 10.3 Å². The summed E-state index contributed by atoms with van der Waals surface area (Å²) in [4.78, 5) is 24.9. The summed E-state index contributed by atoms with van der Waals surface area (Å²) in [7, 11) is 0. The first-order chi connectivity index (χ1) is 13.6. The summed E-state index contributed by atoms with van der Waals surface area (Å²) < 4.78 is 19.8. The molecule has 0 radical (unpaired) electrons. The molecule has 8 heteroatoms. The van der Waals surface area contributed by atoms with Crippen molar-refractivity contribution in [3.05, 3.63) is 48.3 Å². The van der Waals surface area contributed by atoms with E-state index in [9.17, 15) is 9.18 Å². The van der Waals surface area contributed by atoms with Crippen LogP contribution in [0.15, 0.2) is 41.9 Å². The number of alkyl carbamates (subject to hydrolysis) is 1. The number of nitrogens with one attached hydrogen (secondary N) is 1. The van der Waals surface area contributed by atoms with Crippen LogP contribution in [0, 0.1) is 5.82 Å². The minimum atomic E-state index is -0.618. The fraction of sp³-hybridized carbons (Fsp3) is 0.429. The molecule has 0 saturated heterocycles. The predicted octanol–water partition coefficient (Wildman–Crippen LogP) is 4.90. The Labute approximate surface area is 174 Å². The van der Waals surface area contributed by atoms with Crippen LogP contribution in [0.25, 0.3) is 11.1 Å². The van der Waals surface area contributed by atoms with E-state index >= 15 is 0 Å². The molecule has 1 amide bonds. The second kappa shape index (κ2) is 8.10. The number of aromatic nitrogens is 2. The van der Waals surface area contributed by atoms with Crippen molar-refractivity contribution in [2.45, 2.75) is 57.4 Å². The minimum absolute atomic E-state index is 0.205. The lowest BCUT2D eigenvalue weighted by Gasteiger charge is -2.34. The summed E-state index contributed by atoms with van der Waals surface area (Å²) in [6.45, 7) is 9.48. The number of aliphatic imine (C=N–C) groups is 1. The zero-order chi connectivity index (χ0) is 21.2. The van der Waals surface area contributed by atoms with Crippen LogP contribution in [0.2, 0.25) is 0 Å². The van der Waals surface area contributed by atoms with Gasteiger partial charge in [0.1, 0.15) is 17.7 Å². The molecule has 29 heavy (non-hydrogen) atoms. The first-order valence-electron chi connectivity index (χ1n) is 9.38. The topological polar surface area (TPSA) is 76.5 Å². The number of hydrogen-bond donors (Lipinski definition) is 1. The molecular formula is C21H25FN4O2S. The molecule has 0 fully saturated rings. The maximum absolute atomic E-state index is 14.5. The third-order valence-electron chi connectivity index (χ3n) is 4.41. The molecule has 0 unspecified atom stereocenters. The van der Waals surface area contributed by atoms with Crippen LogP contribution in [0.4, 0.5) is 9.18 Å². The summed E-state index contributed by atoms with van der Waals surface area (Å²) in [5.74, 6) is -0.346. The minimum Gasteiger partial charge on any atom is -0.444 e. The van der Waals surface area contributed by atoms with Crippen LogP contribution < -0.4 is 5.32 Å². The van der Waals surface area contributed by atoms with Crippen molar-refractivity contribution >= 4 is 23.0 Å². The Kier molecular flexibility index (Phi) is 5.93. The van der Waals surface area contributed by atoms with Gasteiger partial charge in [-0.1, -0.05) is 24.8 Å². The molecule has 1 aliphatic rings. The summed E-state index contributed by atoms with van der Waals surface area (Å²) in [5, 5.41) is 3.45. The molecule has 2 heterocycles. The lowest BCUT2D eigenvalue weighted by Crippen LogP contribution is -2.40. The third-order valence-corrected chi connectivity index (χ3v) is 5.40. The van der Waals surface area contributed by atoms with Crippen molar-refractivity contribution in [3.8, 4) is 11.1 Å². The van der Waals surface area contributed by atoms with Crippen LogP contribution >= 0.6 is 11.8 Å². The largest absolute Gasteiger partial charge is 0.444 e. The Morgan fingerprint density at radius 2 is 2.00 bits per heavy atom. The number of halogens is 1. The zero-order valence-electron chi connectivity index (χ0n) is 17.2. The molecular weight excluding hydrogens is 391 g/mol. The number of hydrogen-bond acceptors (Lipinski definition) is 6. The molecule has 0 saturated carbocycles. The fourth-order valence-electron chi connectivity index (χ4n) is 3.24. The number of benzene rings is 1. The van der Waals surface area contributed by atoms with Gasteiger partial charge in [-0.25, -0.2) is 19.2 Å². The Bertz CT molecular complexity index is 930. The first kappa shape index (κ1) is 21.2. The summed E-state index contributed by atoms with van der Waals surface area (Å²) in [5.41, 5.74) is 0.667. The molecule has 154 valence electrons. The van der Waals surface area contributed by atoms with E-state index in [1.807, 2.05) is 27.7 Å². The number of carbonyl (C=O) groups is 1. The number of ether oxygens (including phenoxy) is 1. The van der Waals surface area contributed by atoms with E-state index in [4.69, 9.17) is 9.73 Å². The van der Waals surface area contributed by atoms with Crippen LogP contribution in [0.3, 0.4) is 0 Å². The quantitative estimate of drug-likeness (QED) is 0.753. The van der Waals surface area contributed by atoms with Crippen LogP contribution in [0.1, 0.15) is 46.6 Å². The SMILES string of the molecule is C[C@@H]1C[C@@](C)(c2ccc(F)c(-c3cncnc3)c2)N=C(NC(=O)OC(C)(C)C)S1. The van der Waals surface area contributed by atoms with Gasteiger partial charge in [0.25, 0.3) is 0 Å². The van der Waals surface area contributed by atoms with Crippen molar-refractivity contribution < 1.29 is 13.9 Å². The van der Waals surface area contributed by atoms with Crippen molar-refractivity contribution in [2.75, 3.05) is 0 Å². The Morgan fingerprint density at radius 3 is 2.66 bits per heavy atom. The lowest BCUT2D eigenvalue weighted by atomic mass is 9.86. The van der Waals surface area contributed by atoms with Gasteiger partial charge < -0.3 is 4.74 Å². The molecule has 2 aromatic rings. The monoisotopic (exact) mass is 416 g/mol. The highest BCUT2D eigenvalue weighted by atomic mass is 32.2. The highest BCUT2D eigenvalue weighted by Crippen LogP contribution is 2.40. The van der Waals surface area contributed by atoms with Gasteiger partial charge in [-0.05, 0) is 51.8 Å². The molecule has 0 bridgehead atoms. The van der Waals surface area contributed by atoms with Gasteiger partial charge in [0, 0.05) is 28.8 Å². The molecule has 3 rings (SSSR count). The fourth-order valence-corrected chi connectivity index (χ4v) is 4.42. The van der Waals surface area contributed by atoms with Gasteiger partial charge in [0.05, 0.1) is 5.54 Å². The number of amidine groups is 1. The Balaban J connectivity index is 1.93. The van der Waals surface area contributed by atoms with Crippen molar-refractivity contribution in [1.29, 1.82) is 0 Å². The van der Waals surface area contributed by atoms with Crippen molar-refractivity contribution in [1.82, 2.24) is 15.3 Å². The summed E-state index contributed by atoms with van der Waals surface area (Å²) in [6.07, 6.45) is 4.77. The third kappa shape index (κ3) is 5.32. The van der Waals surface area contributed by atoms with E-state index in [1.54, 1.807) is 24.5 Å². The second-order valence-corrected chi connectivity index (χ2v) is 9.70. The number of thioether (sulfide) groups is 1. The molecule has 1 N–H and O–H groups in total. The van der Waals surface area contributed by atoms with Crippen LogP contribution in [0.5, 0.6) is 0 Å². The van der Waals surface area contributed by atoms with E-state index < -0.39 is 17.2 Å². The normalized spacial score (nSPS) is 22.0. The Morgan fingerprint density at radius 1 is 1.31 bits per heavy atom. The van der Waals surface area contributed by atoms with Crippen molar-refractivity contribution in [3.63, 3.8) is 0 Å². The average Bonchev–Trinajstić information content (AvgIpc) is 2.60. The van der Waals surface area contributed by atoms with E-state index in [0.29, 0.717) is 16.3 Å². The van der Waals surface area contributed by atoms with Gasteiger partial charge in [-0.2, -0.15) is 0 Å². The molecule has 1 aromatic carbocycles. The summed E-state index contributed by atoms with van der Waals surface area (Å²) in [6, 6.07) is 4.96. The van der Waals surface area contributed by atoms with E-state index in [-0.39, 0.29) is 11.1 Å². The molecule has 2 atom stereocenters. The van der Waals surface area contributed by atoms with Gasteiger partial charge in [0.2, 0.25) is 0 Å². The van der Waals surface area contributed by atoms with E-state index in [1.165, 1.54) is 24.2 Å². The highest BCUT2D eigenvalue weighted by molar-refractivity contribution is 8.14. The zero-order valence-corrected chi connectivity index (χ0v) is 18.0. The molecule has 6 nitrogen and oxygen atoms in total. The summed E-state index contributed by atoms with van der Waals surface area (Å²) >= 11 is 1.49. The van der Waals surface area contributed by atoms with Crippen LogP contribution in [-0.4, -0.2) is 32.1 Å². The number of carbonyl (C=O) groups excluding carboxylic acids is 1. The van der Waals surface area contributed by atoms with E-state index in [2.05, 4.69) is 22.2 Å². The van der Waals surface area contributed by atoms with Crippen LogP contribution in [-0.2, 0) is 10.3 Å². The Hall–Kier alpha value is -2.48. The smallest absolute Gasteiger partial charge is 0.413 e. The van der Waals surface area contributed by atoms with Crippen molar-refractivity contribution in [2.24, 2.45) is 4.99 Å². The molecule has 1 aromatic heterocycles. The average molecular weight is 417 g/mol. The lowest BCUT2D eigenvalue weighted by molar-refractivity contribution is 0.0564. The first-order valence-corrected chi connectivity index (χ1v) is 10.3. The standard InChI is InChI=1S/C21H25FN4O2S/c1-13-9-21(5,26-18(29-13)25-19(27)28-20(2,3)4)15-6-7-17(22)16(8-15)14-10-23-12-24-11-14/h6-8,10-13H,9H2,1-5H3,(H,25,26,27)/t13-,21+/m1/s1. The molecule has 0 spiro atoms. The van der Waals surface area contributed by atoms with E-state index in [0.717, 1.165) is 12.0 Å². The maximum atomic E-state index is 14.5. The molecule has 0 aliphatic carbocycles.